The number of ether oxygens (including phenoxy) is 4. The Morgan fingerprint density at radius 3 is 1.67 bits per heavy atom. The lowest BCUT2D eigenvalue weighted by atomic mass is 10.5. The highest BCUT2D eigenvalue weighted by molar-refractivity contribution is 6.75. The fourth-order valence-electron chi connectivity index (χ4n) is 2.86. The van der Waals surface area contributed by atoms with Gasteiger partial charge in [-0.1, -0.05) is 13.8 Å². The van der Waals surface area contributed by atoms with E-state index in [0.717, 1.165) is 26.1 Å². The Labute approximate surface area is 129 Å². The summed E-state index contributed by atoms with van der Waals surface area (Å²) in [5, 5.41) is 0. The molecule has 2 aliphatic rings. The van der Waals surface area contributed by atoms with E-state index in [-0.39, 0.29) is 11.5 Å². The van der Waals surface area contributed by atoms with Crippen LogP contribution in [0.1, 0.15) is 33.6 Å². The first-order valence-electron chi connectivity index (χ1n) is 8.24. The molecule has 0 aromatic heterocycles. The van der Waals surface area contributed by atoms with Gasteiger partial charge in [-0.05, 0) is 26.3 Å². The first kappa shape index (κ1) is 17.4. The summed E-state index contributed by atoms with van der Waals surface area (Å²) < 4.78 is 29.0. The van der Waals surface area contributed by atoms with Gasteiger partial charge < -0.3 is 23.4 Å². The highest BCUT2D eigenvalue weighted by atomic mass is 28.4. The van der Waals surface area contributed by atoms with E-state index in [0.29, 0.717) is 32.0 Å². The van der Waals surface area contributed by atoms with Gasteiger partial charge in [-0.25, -0.2) is 0 Å². The van der Waals surface area contributed by atoms with Crippen LogP contribution in [0.15, 0.2) is 0 Å². The topological polar surface area (TPSA) is 52.8 Å². The molecule has 0 saturated carbocycles. The van der Waals surface area contributed by atoms with E-state index >= 15 is 0 Å². The van der Waals surface area contributed by atoms with E-state index < -0.39 is 8.32 Å². The zero-order valence-electron chi connectivity index (χ0n) is 13.8. The van der Waals surface area contributed by atoms with Gasteiger partial charge in [0.1, 0.15) is 12.2 Å². The van der Waals surface area contributed by atoms with E-state index in [1.54, 1.807) is 0 Å². The van der Waals surface area contributed by atoms with Crippen LogP contribution >= 0.6 is 0 Å². The minimum Gasteiger partial charge on any atom is -0.412 e. The van der Waals surface area contributed by atoms with Gasteiger partial charge in [-0.15, -0.1) is 0 Å². The summed E-state index contributed by atoms with van der Waals surface area (Å²) in [5.74, 6) is 0. The van der Waals surface area contributed by atoms with Crippen molar-refractivity contribution in [2.24, 2.45) is 0 Å². The highest BCUT2D eigenvalue weighted by Gasteiger charge is 2.47. The second kappa shape index (κ2) is 8.03. The Balaban J connectivity index is 1.97. The first-order chi connectivity index (χ1) is 10.1. The van der Waals surface area contributed by atoms with E-state index in [9.17, 15) is 0 Å². The van der Waals surface area contributed by atoms with Gasteiger partial charge in [0.2, 0.25) is 8.32 Å². The molecule has 0 aromatic carbocycles. The minimum atomic E-state index is -2.14. The first-order valence-corrected chi connectivity index (χ1v) is 10.8. The van der Waals surface area contributed by atoms with Crippen LogP contribution in [0, 0.1) is 0 Å². The van der Waals surface area contributed by atoms with Crippen LogP contribution in [0.3, 0.4) is 0 Å². The molecule has 6 heteroatoms. The molecule has 2 fully saturated rings. The summed E-state index contributed by atoms with van der Waals surface area (Å²) >= 11 is 0. The predicted molar refractivity (Wildman–Crippen MR) is 82.8 cm³/mol. The Bertz CT molecular complexity index is 282. The number of hydrogen-bond donors (Lipinski definition) is 0. The average Bonchev–Trinajstić information content (AvgIpc) is 3.35. The van der Waals surface area contributed by atoms with Gasteiger partial charge >= 0.3 is 0 Å². The van der Waals surface area contributed by atoms with Crippen LogP contribution in [0.5, 0.6) is 0 Å². The molecule has 0 radical (unpaired) electrons. The molecule has 2 aliphatic heterocycles. The SMILES string of the molecule is CCO[Si](C)(C(CC)OCC1CO1)C(CC)OCC1CO1. The maximum atomic E-state index is 6.25. The Morgan fingerprint density at radius 1 is 0.952 bits per heavy atom. The van der Waals surface area contributed by atoms with Crippen molar-refractivity contribution < 1.29 is 23.4 Å². The summed E-state index contributed by atoms with van der Waals surface area (Å²) in [4.78, 5) is 0. The van der Waals surface area contributed by atoms with E-state index in [4.69, 9.17) is 23.4 Å². The monoisotopic (exact) mass is 318 g/mol. The minimum absolute atomic E-state index is 0.145. The molecule has 0 amide bonds. The molecule has 5 nitrogen and oxygen atoms in total. The van der Waals surface area contributed by atoms with Crippen molar-refractivity contribution in [3.05, 3.63) is 0 Å². The van der Waals surface area contributed by atoms with Crippen molar-refractivity contribution in [1.82, 2.24) is 0 Å². The van der Waals surface area contributed by atoms with Crippen molar-refractivity contribution in [2.75, 3.05) is 33.0 Å². The summed E-state index contributed by atoms with van der Waals surface area (Å²) in [6.45, 7) is 12.4. The predicted octanol–water partition coefficient (Wildman–Crippen LogP) is 2.06. The number of rotatable bonds is 12. The van der Waals surface area contributed by atoms with Crippen LogP contribution in [-0.2, 0) is 23.4 Å². The summed E-state index contributed by atoms with van der Waals surface area (Å²) in [7, 11) is -2.14. The molecule has 2 saturated heterocycles. The van der Waals surface area contributed by atoms with Crippen LogP contribution in [0.25, 0.3) is 0 Å². The molecule has 4 unspecified atom stereocenters. The van der Waals surface area contributed by atoms with Crippen LogP contribution in [0.2, 0.25) is 6.55 Å². The molecular weight excluding hydrogens is 288 g/mol. The molecular formula is C15H30O5Si. The van der Waals surface area contributed by atoms with E-state index in [1.165, 1.54) is 0 Å². The van der Waals surface area contributed by atoms with E-state index in [1.807, 2.05) is 0 Å². The van der Waals surface area contributed by atoms with Gasteiger partial charge in [0.05, 0.1) is 37.9 Å². The summed E-state index contributed by atoms with van der Waals surface area (Å²) in [6, 6.07) is 0. The quantitative estimate of drug-likeness (QED) is 0.407. The second-order valence-corrected chi connectivity index (χ2v) is 9.93. The molecule has 0 aromatic rings. The average molecular weight is 318 g/mol. The van der Waals surface area contributed by atoms with Crippen molar-refractivity contribution in [1.29, 1.82) is 0 Å². The fraction of sp³-hybridized carbons (Fsp3) is 1.00. The zero-order valence-corrected chi connectivity index (χ0v) is 14.8. The fourth-order valence-corrected chi connectivity index (χ4v) is 6.74. The van der Waals surface area contributed by atoms with Crippen molar-refractivity contribution in [3.8, 4) is 0 Å². The number of hydrogen-bond acceptors (Lipinski definition) is 5. The van der Waals surface area contributed by atoms with Gasteiger partial charge in [0.15, 0.2) is 0 Å². The molecule has 0 spiro atoms. The van der Waals surface area contributed by atoms with Gasteiger partial charge in [0, 0.05) is 6.61 Å². The van der Waals surface area contributed by atoms with Crippen LogP contribution in [-0.4, -0.2) is 65.0 Å². The molecule has 0 aliphatic carbocycles. The maximum Gasteiger partial charge on any atom is 0.246 e. The van der Waals surface area contributed by atoms with Crippen molar-refractivity contribution in [3.63, 3.8) is 0 Å². The Morgan fingerprint density at radius 2 is 1.38 bits per heavy atom. The van der Waals surface area contributed by atoms with Gasteiger partial charge in [-0.2, -0.15) is 0 Å². The standard InChI is InChI=1S/C15H30O5Si/c1-5-14(18-10-12-8-16-12)21(4,20-7-3)15(6-2)19-11-13-9-17-13/h12-15H,5-11H2,1-4H3. The zero-order chi connectivity index (χ0) is 15.3. The Hall–Kier alpha value is 0.0169. The van der Waals surface area contributed by atoms with Gasteiger partial charge in [0.25, 0.3) is 0 Å². The molecule has 124 valence electrons. The lowest BCUT2D eigenvalue weighted by Gasteiger charge is -2.40. The molecule has 2 rings (SSSR count). The van der Waals surface area contributed by atoms with Crippen molar-refractivity contribution >= 4 is 8.32 Å². The smallest absolute Gasteiger partial charge is 0.246 e. The summed E-state index contributed by atoms with van der Waals surface area (Å²) in [6.07, 6.45) is 2.49. The lowest BCUT2D eigenvalue weighted by molar-refractivity contribution is 0.0290. The van der Waals surface area contributed by atoms with Gasteiger partial charge in [-0.3, -0.25) is 0 Å². The Kier molecular flexibility index (Phi) is 6.65. The van der Waals surface area contributed by atoms with Crippen LogP contribution < -0.4 is 0 Å². The molecule has 0 N–H and O–H groups in total. The second-order valence-electron chi connectivity index (χ2n) is 5.99. The number of epoxide rings is 2. The van der Waals surface area contributed by atoms with Crippen LogP contribution in [0.4, 0.5) is 0 Å². The third-order valence-electron chi connectivity index (χ3n) is 4.25. The maximum absolute atomic E-state index is 6.25. The largest absolute Gasteiger partial charge is 0.412 e. The third-order valence-corrected chi connectivity index (χ3v) is 8.86. The lowest BCUT2D eigenvalue weighted by Crippen LogP contribution is -2.59. The molecule has 4 atom stereocenters. The third kappa shape index (κ3) is 5.01. The van der Waals surface area contributed by atoms with E-state index in [2.05, 4.69) is 27.3 Å². The summed E-state index contributed by atoms with van der Waals surface area (Å²) in [5.41, 5.74) is 0.290. The molecule has 0 bridgehead atoms. The molecule has 2 heterocycles. The van der Waals surface area contributed by atoms with Crippen molar-refractivity contribution in [2.45, 2.75) is 63.8 Å². The molecule has 21 heavy (non-hydrogen) atoms. The normalized spacial score (nSPS) is 29.7. The highest BCUT2D eigenvalue weighted by Crippen LogP contribution is 2.27.